The van der Waals surface area contributed by atoms with Gasteiger partial charge in [0.15, 0.2) is 4.77 Å². The van der Waals surface area contributed by atoms with Crippen LogP contribution < -0.4 is 5.73 Å². The van der Waals surface area contributed by atoms with Gasteiger partial charge < -0.3 is 15.3 Å². The van der Waals surface area contributed by atoms with Gasteiger partial charge in [-0.25, -0.2) is 0 Å². The molecule has 0 saturated heterocycles. The van der Waals surface area contributed by atoms with Gasteiger partial charge in [0.1, 0.15) is 0 Å². The Morgan fingerprint density at radius 1 is 1.56 bits per heavy atom. The number of amides is 1. The number of nitrogens with zero attached hydrogens (tertiary/aromatic N) is 1. The van der Waals surface area contributed by atoms with Gasteiger partial charge in [0.25, 0.3) is 0 Å². The smallest absolute Gasteiger partial charge is 0.226 e. The minimum absolute atomic E-state index is 0.318. The molecule has 1 aromatic heterocycles. The van der Waals surface area contributed by atoms with Crippen molar-refractivity contribution in [3.63, 3.8) is 0 Å². The predicted octanol–water partition coefficient (Wildman–Crippen LogP) is 2.18. The van der Waals surface area contributed by atoms with Crippen LogP contribution in [0.3, 0.4) is 0 Å². The molecule has 5 heteroatoms. The second kappa shape index (κ2) is 5.30. The normalized spacial score (nSPS) is 13.0. The van der Waals surface area contributed by atoms with Gasteiger partial charge in [-0.15, -0.1) is 0 Å². The number of primary amides is 1. The Bertz CT molecular complexity index is 419. The number of hydrogen-bond donors (Lipinski definition) is 2. The molecular formula is C11H19N3OS. The molecule has 1 aromatic rings. The number of hydrogen-bond acceptors (Lipinski definition) is 2. The summed E-state index contributed by atoms with van der Waals surface area (Å²) in [5.74, 6) is -0.0249. The Kier molecular flexibility index (Phi) is 4.29. The summed E-state index contributed by atoms with van der Waals surface area (Å²) in [5.41, 5.74) is 6.04. The van der Waals surface area contributed by atoms with E-state index in [0.717, 1.165) is 18.7 Å². The number of aromatic amines is 1. The Balaban J connectivity index is 2.82. The van der Waals surface area contributed by atoms with Gasteiger partial charge in [0.05, 0.1) is 5.92 Å². The molecule has 0 aromatic carbocycles. The molecule has 0 spiro atoms. The van der Waals surface area contributed by atoms with Crippen LogP contribution >= 0.6 is 12.2 Å². The van der Waals surface area contributed by atoms with E-state index < -0.39 is 0 Å². The molecule has 0 saturated carbocycles. The van der Waals surface area contributed by atoms with Crippen LogP contribution in [0.1, 0.15) is 38.8 Å². The van der Waals surface area contributed by atoms with E-state index in [2.05, 4.69) is 18.8 Å². The molecule has 1 rings (SSSR count). The first-order chi connectivity index (χ1) is 7.41. The number of nitrogens with one attached hydrogen (secondary N) is 1. The quantitative estimate of drug-likeness (QED) is 0.776. The van der Waals surface area contributed by atoms with Crippen molar-refractivity contribution < 1.29 is 4.79 Å². The Hall–Kier alpha value is -1.10. The van der Waals surface area contributed by atoms with Crippen molar-refractivity contribution in [2.24, 2.45) is 11.7 Å². The van der Waals surface area contributed by atoms with Crippen molar-refractivity contribution in [3.05, 3.63) is 16.7 Å². The number of aromatic nitrogens is 2. The van der Waals surface area contributed by atoms with Crippen molar-refractivity contribution in [3.8, 4) is 0 Å². The van der Waals surface area contributed by atoms with Crippen LogP contribution in [0.15, 0.2) is 6.20 Å². The van der Waals surface area contributed by atoms with Crippen LogP contribution in [-0.2, 0) is 11.3 Å². The minimum Gasteiger partial charge on any atom is -0.369 e. The highest BCUT2D eigenvalue weighted by Gasteiger charge is 2.14. The zero-order valence-corrected chi connectivity index (χ0v) is 10.8. The maximum atomic E-state index is 11.0. The minimum atomic E-state index is -0.341. The van der Waals surface area contributed by atoms with E-state index in [0.29, 0.717) is 10.7 Å². The van der Waals surface area contributed by atoms with Crippen molar-refractivity contribution >= 4 is 18.1 Å². The van der Waals surface area contributed by atoms with Crippen LogP contribution in [-0.4, -0.2) is 15.5 Å². The molecular weight excluding hydrogens is 222 g/mol. The molecule has 1 atom stereocenters. The number of carbonyl (C=O) groups excluding carboxylic acids is 1. The molecule has 3 N–H and O–H groups in total. The van der Waals surface area contributed by atoms with Gasteiger partial charge in [0, 0.05) is 18.4 Å². The van der Waals surface area contributed by atoms with E-state index in [4.69, 9.17) is 18.0 Å². The predicted molar refractivity (Wildman–Crippen MR) is 66.7 cm³/mol. The van der Waals surface area contributed by atoms with E-state index in [1.54, 1.807) is 6.92 Å². The van der Waals surface area contributed by atoms with E-state index in [1.165, 1.54) is 0 Å². The zero-order valence-electron chi connectivity index (χ0n) is 9.99. The highest BCUT2D eigenvalue weighted by atomic mass is 32.1. The van der Waals surface area contributed by atoms with Crippen molar-refractivity contribution in [2.75, 3.05) is 0 Å². The fourth-order valence-electron chi connectivity index (χ4n) is 1.39. The first kappa shape index (κ1) is 13.0. The largest absolute Gasteiger partial charge is 0.369 e. The van der Waals surface area contributed by atoms with E-state index in [1.807, 2.05) is 10.8 Å². The van der Waals surface area contributed by atoms with Gasteiger partial charge in [-0.1, -0.05) is 13.8 Å². The first-order valence-corrected chi connectivity index (χ1v) is 5.91. The molecule has 0 bridgehead atoms. The van der Waals surface area contributed by atoms with E-state index in [-0.39, 0.29) is 11.8 Å². The topological polar surface area (TPSA) is 63.8 Å². The zero-order chi connectivity index (χ0) is 12.3. The highest BCUT2D eigenvalue weighted by molar-refractivity contribution is 7.71. The Labute approximate surface area is 101 Å². The summed E-state index contributed by atoms with van der Waals surface area (Å²) in [4.78, 5) is 14.1. The van der Waals surface area contributed by atoms with Gasteiger partial charge in [-0.2, -0.15) is 0 Å². The van der Waals surface area contributed by atoms with Gasteiger partial charge in [-0.05, 0) is 31.5 Å². The number of aryl methyl sites for hydroxylation is 1. The molecule has 0 aliphatic rings. The molecule has 16 heavy (non-hydrogen) atoms. The maximum Gasteiger partial charge on any atom is 0.226 e. The van der Waals surface area contributed by atoms with Crippen LogP contribution in [0.4, 0.5) is 0 Å². The number of H-pyrrole nitrogens is 1. The summed E-state index contributed by atoms with van der Waals surface area (Å²) < 4.78 is 2.62. The number of carbonyl (C=O) groups is 1. The van der Waals surface area contributed by atoms with Crippen LogP contribution in [0.2, 0.25) is 0 Å². The molecule has 0 aliphatic heterocycles. The SMILES string of the molecule is CC(C)CCn1cc(C(C)C(N)=O)[nH]c1=S. The summed E-state index contributed by atoms with van der Waals surface area (Å²) in [6.45, 7) is 6.99. The third-order valence-corrected chi connectivity index (χ3v) is 2.98. The molecule has 1 heterocycles. The van der Waals surface area contributed by atoms with E-state index in [9.17, 15) is 4.79 Å². The average molecular weight is 241 g/mol. The molecule has 4 nitrogen and oxygen atoms in total. The summed E-state index contributed by atoms with van der Waals surface area (Å²) in [7, 11) is 0. The van der Waals surface area contributed by atoms with Crippen LogP contribution in [0, 0.1) is 10.7 Å². The second-order valence-corrected chi connectivity index (χ2v) is 4.90. The molecule has 0 fully saturated rings. The van der Waals surface area contributed by atoms with Gasteiger partial charge in [0.2, 0.25) is 5.91 Å². The molecule has 90 valence electrons. The number of imidazole rings is 1. The van der Waals surface area contributed by atoms with Crippen LogP contribution in [0.25, 0.3) is 0 Å². The lowest BCUT2D eigenvalue weighted by Gasteiger charge is -2.05. The summed E-state index contributed by atoms with van der Waals surface area (Å²) in [6, 6.07) is 0. The van der Waals surface area contributed by atoms with E-state index >= 15 is 0 Å². The maximum absolute atomic E-state index is 11.0. The Morgan fingerprint density at radius 2 is 2.19 bits per heavy atom. The highest BCUT2D eigenvalue weighted by Crippen LogP contribution is 2.13. The lowest BCUT2D eigenvalue weighted by Crippen LogP contribution is -2.18. The summed E-state index contributed by atoms with van der Waals surface area (Å²) in [5, 5.41) is 0. The van der Waals surface area contributed by atoms with Gasteiger partial charge >= 0.3 is 0 Å². The fraction of sp³-hybridized carbons (Fsp3) is 0.636. The summed E-state index contributed by atoms with van der Waals surface area (Å²) in [6.07, 6.45) is 2.96. The third kappa shape index (κ3) is 3.20. The average Bonchev–Trinajstić information content (AvgIpc) is 2.55. The third-order valence-electron chi connectivity index (χ3n) is 2.65. The molecule has 1 amide bonds. The van der Waals surface area contributed by atoms with Crippen molar-refractivity contribution in [1.29, 1.82) is 0 Å². The van der Waals surface area contributed by atoms with Crippen molar-refractivity contribution in [2.45, 2.75) is 39.7 Å². The van der Waals surface area contributed by atoms with Crippen molar-refractivity contribution in [1.82, 2.24) is 9.55 Å². The molecule has 0 radical (unpaired) electrons. The standard InChI is InChI=1S/C11H19N3OS/c1-7(2)4-5-14-6-9(13-11(14)16)8(3)10(12)15/h6-8H,4-5H2,1-3H3,(H2,12,15)(H,13,16). The lowest BCUT2D eigenvalue weighted by atomic mass is 10.1. The number of nitrogens with two attached hydrogens (primary N) is 1. The number of rotatable bonds is 5. The second-order valence-electron chi connectivity index (χ2n) is 4.51. The molecule has 1 unspecified atom stereocenters. The monoisotopic (exact) mass is 241 g/mol. The Morgan fingerprint density at radius 3 is 2.69 bits per heavy atom. The summed E-state index contributed by atoms with van der Waals surface area (Å²) >= 11 is 5.19. The lowest BCUT2D eigenvalue weighted by molar-refractivity contribution is -0.119. The fourth-order valence-corrected chi connectivity index (χ4v) is 1.65. The first-order valence-electron chi connectivity index (χ1n) is 5.50. The van der Waals surface area contributed by atoms with Gasteiger partial charge in [-0.3, -0.25) is 4.79 Å². The molecule has 0 aliphatic carbocycles. The van der Waals surface area contributed by atoms with Crippen LogP contribution in [0.5, 0.6) is 0 Å².